The Morgan fingerprint density at radius 1 is 1.12 bits per heavy atom. The average Bonchev–Trinajstić information content (AvgIpc) is 2.61. The van der Waals surface area contributed by atoms with Gasteiger partial charge in [0.1, 0.15) is 0 Å². The number of rotatable bonds is 7. The van der Waals surface area contributed by atoms with Crippen LogP contribution in [0.3, 0.4) is 0 Å². The number of aliphatic hydroxyl groups is 1. The third-order valence-electron chi connectivity index (χ3n) is 3.50. The first-order valence-corrected chi connectivity index (χ1v) is 8.13. The summed E-state index contributed by atoms with van der Waals surface area (Å²) in [6.45, 7) is 2.47. The van der Waals surface area contributed by atoms with Gasteiger partial charge in [-0.25, -0.2) is 0 Å². The van der Waals surface area contributed by atoms with Gasteiger partial charge in [0.2, 0.25) is 5.91 Å². The minimum atomic E-state index is -0.235. The second-order valence-electron chi connectivity index (χ2n) is 5.65. The minimum absolute atomic E-state index is 0.0430. The van der Waals surface area contributed by atoms with Crippen molar-refractivity contribution >= 4 is 23.6 Å². The van der Waals surface area contributed by atoms with E-state index in [0.717, 1.165) is 11.1 Å². The Morgan fingerprint density at radius 2 is 1.88 bits per heavy atom. The van der Waals surface area contributed by atoms with Crippen LogP contribution in [0, 0.1) is 6.92 Å². The molecule has 130 valence electrons. The van der Waals surface area contributed by atoms with Gasteiger partial charge in [0.05, 0.1) is 0 Å². The summed E-state index contributed by atoms with van der Waals surface area (Å²) >= 11 is 0. The maximum absolute atomic E-state index is 12.0. The number of hydrogen-bond acceptors (Lipinski definition) is 3. The van der Waals surface area contributed by atoms with Crippen molar-refractivity contribution in [3.05, 3.63) is 71.3 Å². The molecule has 25 heavy (non-hydrogen) atoms. The standard InChI is InChI=1S/C20H22N2O3/c1-15-4-2-5-16(14-15)6-11-19(24)22-18-9-7-17(8-10-18)20(25)21-12-3-13-23/h2,4-11,14,23H,3,12-13H2,1H3,(H,21,25)(H,22,24)/b11-6+. The summed E-state index contributed by atoms with van der Waals surface area (Å²) in [6, 6.07) is 14.5. The normalized spacial score (nSPS) is 10.6. The van der Waals surface area contributed by atoms with Crippen LogP contribution in [0.15, 0.2) is 54.6 Å². The zero-order valence-corrected chi connectivity index (χ0v) is 14.2. The fraction of sp³-hybridized carbons (Fsp3) is 0.200. The first-order valence-electron chi connectivity index (χ1n) is 8.13. The summed E-state index contributed by atoms with van der Waals surface area (Å²) in [5.74, 6) is -0.438. The van der Waals surface area contributed by atoms with E-state index in [1.165, 1.54) is 6.08 Å². The van der Waals surface area contributed by atoms with Gasteiger partial charge in [-0.2, -0.15) is 0 Å². The highest BCUT2D eigenvalue weighted by Crippen LogP contribution is 2.10. The van der Waals surface area contributed by atoms with Crippen molar-refractivity contribution in [2.24, 2.45) is 0 Å². The molecule has 0 unspecified atom stereocenters. The third-order valence-corrected chi connectivity index (χ3v) is 3.50. The molecule has 0 spiro atoms. The molecule has 0 heterocycles. The number of amides is 2. The van der Waals surface area contributed by atoms with Crippen molar-refractivity contribution < 1.29 is 14.7 Å². The van der Waals surface area contributed by atoms with Crippen LogP contribution in [0.25, 0.3) is 6.08 Å². The first-order chi connectivity index (χ1) is 12.1. The van der Waals surface area contributed by atoms with E-state index in [0.29, 0.717) is 24.2 Å². The van der Waals surface area contributed by atoms with Crippen LogP contribution < -0.4 is 10.6 Å². The number of anilines is 1. The van der Waals surface area contributed by atoms with Crippen molar-refractivity contribution in [2.45, 2.75) is 13.3 Å². The fourth-order valence-corrected chi connectivity index (χ4v) is 2.22. The highest BCUT2D eigenvalue weighted by Gasteiger charge is 2.05. The molecule has 5 nitrogen and oxygen atoms in total. The number of carbonyl (C=O) groups excluding carboxylic acids is 2. The van der Waals surface area contributed by atoms with Crippen LogP contribution >= 0.6 is 0 Å². The molecular formula is C20H22N2O3. The number of aryl methyl sites for hydroxylation is 1. The van der Waals surface area contributed by atoms with Gasteiger partial charge in [0.25, 0.3) is 5.91 Å². The Balaban J connectivity index is 1.89. The summed E-state index contributed by atoms with van der Waals surface area (Å²) < 4.78 is 0. The molecule has 2 rings (SSSR count). The fourth-order valence-electron chi connectivity index (χ4n) is 2.22. The van der Waals surface area contributed by atoms with E-state index < -0.39 is 0 Å². The van der Waals surface area contributed by atoms with Gasteiger partial charge in [-0.3, -0.25) is 9.59 Å². The maximum atomic E-state index is 12.0. The lowest BCUT2D eigenvalue weighted by molar-refractivity contribution is -0.111. The summed E-state index contributed by atoms with van der Waals surface area (Å²) in [5.41, 5.74) is 3.22. The topological polar surface area (TPSA) is 78.4 Å². The van der Waals surface area contributed by atoms with E-state index in [1.54, 1.807) is 30.3 Å². The SMILES string of the molecule is Cc1cccc(/C=C/C(=O)Nc2ccc(C(=O)NCCCO)cc2)c1. The summed E-state index contributed by atoms with van der Waals surface area (Å²) in [4.78, 5) is 23.8. The molecule has 5 heteroatoms. The number of hydrogen-bond donors (Lipinski definition) is 3. The molecule has 0 bridgehead atoms. The molecule has 0 fully saturated rings. The molecular weight excluding hydrogens is 316 g/mol. The first kappa shape index (κ1) is 18.4. The molecule has 0 saturated carbocycles. The number of nitrogens with one attached hydrogen (secondary N) is 2. The molecule has 0 aliphatic carbocycles. The quantitative estimate of drug-likeness (QED) is 0.536. The van der Waals surface area contributed by atoms with E-state index in [2.05, 4.69) is 10.6 Å². The smallest absolute Gasteiger partial charge is 0.251 e. The van der Waals surface area contributed by atoms with Crippen LogP contribution in [0.4, 0.5) is 5.69 Å². The Bertz CT molecular complexity index is 752. The van der Waals surface area contributed by atoms with E-state index >= 15 is 0 Å². The Labute approximate surface area is 147 Å². The Morgan fingerprint density at radius 3 is 2.56 bits per heavy atom. The van der Waals surface area contributed by atoms with Gasteiger partial charge in [-0.15, -0.1) is 0 Å². The van der Waals surface area contributed by atoms with Crippen LogP contribution in [0.2, 0.25) is 0 Å². The predicted octanol–water partition coefficient (Wildman–Crippen LogP) is 2.76. The second-order valence-corrected chi connectivity index (χ2v) is 5.65. The predicted molar refractivity (Wildman–Crippen MR) is 99.3 cm³/mol. The molecule has 0 atom stereocenters. The van der Waals surface area contributed by atoms with Crippen LogP contribution in [-0.4, -0.2) is 30.1 Å². The van der Waals surface area contributed by atoms with Crippen molar-refractivity contribution in [1.29, 1.82) is 0 Å². The third kappa shape index (κ3) is 6.24. The van der Waals surface area contributed by atoms with Crippen LogP contribution in [-0.2, 0) is 4.79 Å². The largest absolute Gasteiger partial charge is 0.396 e. The molecule has 3 N–H and O–H groups in total. The lowest BCUT2D eigenvalue weighted by Gasteiger charge is -2.06. The van der Waals surface area contributed by atoms with Gasteiger partial charge < -0.3 is 15.7 Å². The van der Waals surface area contributed by atoms with Crippen molar-refractivity contribution in [3.63, 3.8) is 0 Å². The lowest BCUT2D eigenvalue weighted by Crippen LogP contribution is -2.24. The molecule has 2 amide bonds. The van der Waals surface area contributed by atoms with Gasteiger partial charge in [-0.1, -0.05) is 29.8 Å². The average molecular weight is 338 g/mol. The minimum Gasteiger partial charge on any atom is -0.396 e. The van der Waals surface area contributed by atoms with Crippen molar-refractivity contribution in [1.82, 2.24) is 5.32 Å². The van der Waals surface area contributed by atoms with Gasteiger partial charge >= 0.3 is 0 Å². The van der Waals surface area contributed by atoms with Gasteiger partial charge in [0.15, 0.2) is 0 Å². The molecule has 0 aromatic heterocycles. The number of aliphatic hydroxyl groups excluding tert-OH is 1. The van der Waals surface area contributed by atoms with Gasteiger partial charge in [0, 0.05) is 30.5 Å². The zero-order chi connectivity index (χ0) is 18.1. The van der Waals surface area contributed by atoms with E-state index in [-0.39, 0.29) is 18.4 Å². The highest BCUT2D eigenvalue weighted by molar-refractivity contribution is 6.02. The maximum Gasteiger partial charge on any atom is 0.251 e. The Hall–Kier alpha value is -2.92. The van der Waals surface area contributed by atoms with Crippen LogP contribution in [0.5, 0.6) is 0 Å². The molecule has 2 aromatic rings. The molecule has 0 aliphatic heterocycles. The monoisotopic (exact) mass is 338 g/mol. The summed E-state index contributed by atoms with van der Waals surface area (Å²) in [7, 11) is 0. The van der Waals surface area contributed by atoms with E-state index in [9.17, 15) is 9.59 Å². The molecule has 0 radical (unpaired) electrons. The number of carbonyl (C=O) groups is 2. The van der Waals surface area contributed by atoms with Crippen LogP contribution in [0.1, 0.15) is 27.9 Å². The lowest BCUT2D eigenvalue weighted by atomic mass is 10.1. The summed E-state index contributed by atoms with van der Waals surface area (Å²) in [5, 5.41) is 14.2. The van der Waals surface area contributed by atoms with Crippen molar-refractivity contribution in [3.8, 4) is 0 Å². The second kappa shape index (κ2) is 9.39. The zero-order valence-electron chi connectivity index (χ0n) is 14.2. The summed E-state index contributed by atoms with van der Waals surface area (Å²) in [6.07, 6.45) is 3.75. The number of benzene rings is 2. The Kier molecular flexibility index (Phi) is 6.92. The van der Waals surface area contributed by atoms with Gasteiger partial charge in [-0.05, 0) is 49.2 Å². The highest BCUT2D eigenvalue weighted by atomic mass is 16.3. The van der Waals surface area contributed by atoms with Crippen molar-refractivity contribution in [2.75, 3.05) is 18.5 Å². The molecule has 0 saturated heterocycles. The van der Waals surface area contributed by atoms with E-state index in [4.69, 9.17) is 5.11 Å². The molecule has 0 aliphatic rings. The molecule has 2 aromatic carbocycles. The van der Waals surface area contributed by atoms with E-state index in [1.807, 2.05) is 31.2 Å².